The Morgan fingerprint density at radius 2 is 2.03 bits per heavy atom. The lowest BCUT2D eigenvalue weighted by Gasteiger charge is -2.23. The number of aromatic nitrogens is 1. The van der Waals surface area contributed by atoms with Gasteiger partial charge in [0, 0.05) is 36.5 Å². The molecule has 1 amide bonds. The third-order valence-corrected chi connectivity index (χ3v) is 5.79. The minimum Gasteiger partial charge on any atom is -0.376 e. The van der Waals surface area contributed by atoms with Gasteiger partial charge in [-0.2, -0.15) is 0 Å². The van der Waals surface area contributed by atoms with E-state index in [1.54, 1.807) is 0 Å². The van der Waals surface area contributed by atoms with E-state index in [-0.39, 0.29) is 24.2 Å². The molecule has 1 aromatic heterocycles. The highest BCUT2D eigenvalue weighted by Gasteiger charge is 2.29. The number of Topliss-reactive ketones (excluding diaryl/α,β-unsaturated/α-hetero) is 1. The topological polar surface area (TPSA) is 69.6 Å². The van der Waals surface area contributed by atoms with E-state index in [4.69, 9.17) is 9.47 Å². The van der Waals surface area contributed by atoms with Crippen LogP contribution in [0.1, 0.15) is 45.7 Å². The first kappa shape index (κ1) is 19.9. The number of hydrogen-bond acceptors (Lipinski definition) is 4. The zero-order valence-corrected chi connectivity index (χ0v) is 16.9. The molecular formula is C23H28N2O4. The highest BCUT2D eigenvalue weighted by molar-refractivity contribution is 6.01. The van der Waals surface area contributed by atoms with Crippen LogP contribution < -0.4 is 5.32 Å². The van der Waals surface area contributed by atoms with Gasteiger partial charge in [-0.3, -0.25) is 9.59 Å². The normalized spacial score (nSPS) is 19.1. The molecule has 6 nitrogen and oxygen atoms in total. The first-order chi connectivity index (χ1) is 14.1. The fourth-order valence-corrected chi connectivity index (χ4v) is 4.29. The third kappa shape index (κ3) is 4.43. The molecule has 4 rings (SSSR count). The number of nitrogens with zero attached hydrogens (tertiary/aromatic N) is 1. The standard InChI is InChI=1S/C23H28N2O4/c1-16-19(12-22(27)24-13-18-15-28-10-11-29-18)23-20(8-5-9-21(23)26)25(16)14-17-6-3-2-4-7-17/h2-4,6-7,18H,5,8-15H2,1H3,(H,24,27)/t18-/m0/s1. The highest BCUT2D eigenvalue weighted by Crippen LogP contribution is 2.31. The van der Waals surface area contributed by atoms with Crippen molar-refractivity contribution < 1.29 is 19.1 Å². The Morgan fingerprint density at radius 3 is 2.79 bits per heavy atom. The lowest BCUT2D eigenvalue weighted by atomic mass is 9.92. The van der Waals surface area contributed by atoms with Crippen LogP contribution in [0.2, 0.25) is 0 Å². The Balaban J connectivity index is 1.54. The second kappa shape index (κ2) is 8.93. The van der Waals surface area contributed by atoms with E-state index in [2.05, 4.69) is 22.0 Å². The van der Waals surface area contributed by atoms with Crippen LogP contribution in [-0.2, 0) is 33.7 Å². The average molecular weight is 396 g/mol. The van der Waals surface area contributed by atoms with Gasteiger partial charge in [0.25, 0.3) is 0 Å². The second-order valence-corrected chi connectivity index (χ2v) is 7.78. The molecule has 1 saturated heterocycles. The lowest BCUT2D eigenvalue weighted by molar-refractivity contribution is -0.123. The number of fused-ring (bicyclic) bond motifs is 1. The first-order valence-corrected chi connectivity index (χ1v) is 10.4. The van der Waals surface area contributed by atoms with Gasteiger partial charge < -0.3 is 19.4 Å². The van der Waals surface area contributed by atoms with Gasteiger partial charge in [-0.25, -0.2) is 0 Å². The molecule has 2 aliphatic rings. The van der Waals surface area contributed by atoms with Crippen molar-refractivity contribution in [2.75, 3.05) is 26.4 Å². The van der Waals surface area contributed by atoms with E-state index in [1.165, 1.54) is 5.56 Å². The van der Waals surface area contributed by atoms with Gasteiger partial charge in [0.2, 0.25) is 5.91 Å². The van der Waals surface area contributed by atoms with Gasteiger partial charge in [0.1, 0.15) is 0 Å². The van der Waals surface area contributed by atoms with Crippen LogP contribution in [0, 0.1) is 6.92 Å². The Bertz CT molecular complexity index is 882. The summed E-state index contributed by atoms with van der Waals surface area (Å²) in [6.45, 7) is 4.84. The van der Waals surface area contributed by atoms with Crippen LogP contribution in [0.15, 0.2) is 30.3 Å². The fourth-order valence-electron chi connectivity index (χ4n) is 4.29. The van der Waals surface area contributed by atoms with Gasteiger partial charge >= 0.3 is 0 Å². The minimum atomic E-state index is -0.105. The molecule has 1 fully saturated rings. The van der Waals surface area contributed by atoms with E-state index >= 15 is 0 Å². The Hall–Kier alpha value is -2.44. The maximum absolute atomic E-state index is 12.7. The summed E-state index contributed by atoms with van der Waals surface area (Å²) in [6.07, 6.45) is 2.42. The zero-order chi connectivity index (χ0) is 20.2. The van der Waals surface area contributed by atoms with Crippen molar-refractivity contribution in [3.63, 3.8) is 0 Å². The first-order valence-electron chi connectivity index (χ1n) is 10.4. The van der Waals surface area contributed by atoms with Crippen molar-refractivity contribution in [1.29, 1.82) is 0 Å². The van der Waals surface area contributed by atoms with Crippen LogP contribution >= 0.6 is 0 Å². The number of ketones is 1. The Morgan fingerprint density at radius 1 is 1.21 bits per heavy atom. The number of benzene rings is 1. The van der Waals surface area contributed by atoms with Gasteiger partial charge in [-0.05, 0) is 30.9 Å². The van der Waals surface area contributed by atoms with Crippen molar-refractivity contribution in [3.8, 4) is 0 Å². The minimum absolute atomic E-state index is 0.0830. The summed E-state index contributed by atoms with van der Waals surface area (Å²) >= 11 is 0. The summed E-state index contributed by atoms with van der Waals surface area (Å²) in [5, 5.41) is 2.94. The summed E-state index contributed by atoms with van der Waals surface area (Å²) in [5.74, 6) is 0.0771. The number of ether oxygens (including phenoxy) is 2. The number of nitrogens with one attached hydrogen (secondary N) is 1. The largest absolute Gasteiger partial charge is 0.376 e. The van der Waals surface area contributed by atoms with Crippen molar-refractivity contribution in [2.24, 2.45) is 0 Å². The molecule has 0 bridgehead atoms. The molecule has 2 heterocycles. The molecule has 6 heteroatoms. The van der Waals surface area contributed by atoms with Crippen LogP contribution in [0.4, 0.5) is 0 Å². The SMILES string of the molecule is Cc1c(CC(=O)NC[C@H]2COCCO2)c2c(n1Cc1ccccc1)CCCC2=O. The van der Waals surface area contributed by atoms with E-state index in [1.807, 2.05) is 25.1 Å². The van der Waals surface area contributed by atoms with Crippen LogP contribution in [0.5, 0.6) is 0 Å². The molecule has 0 spiro atoms. The van der Waals surface area contributed by atoms with Gasteiger partial charge in [-0.15, -0.1) is 0 Å². The summed E-state index contributed by atoms with van der Waals surface area (Å²) in [4.78, 5) is 25.4. The Kier molecular flexibility index (Phi) is 6.11. The predicted octanol–water partition coefficient (Wildman–Crippen LogP) is 2.44. The number of carbonyl (C=O) groups excluding carboxylic acids is 2. The quantitative estimate of drug-likeness (QED) is 0.814. The number of rotatable bonds is 6. The molecule has 154 valence electrons. The average Bonchev–Trinajstić information content (AvgIpc) is 3.01. The molecular weight excluding hydrogens is 368 g/mol. The predicted molar refractivity (Wildman–Crippen MR) is 109 cm³/mol. The van der Waals surface area contributed by atoms with E-state index in [0.717, 1.165) is 41.9 Å². The summed E-state index contributed by atoms with van der Waals surface area (Å²) in [6, 6.07) is 10.2. The molecule has 29 heavy (non-hydrogen) atoms. The van der Waals surface area contributed by atoms with Crippen molar-refractivity contribution in [2.45, 2.75) is 45.3 Å². The molecule has 1 aliphatic carbocycles. The van der Waals surface area contributed by atoms with Gasteiger partial charge in [-0.1, -0.05) is 30.3 Å². The van der Waals surface area contributed by atoms with Crippen LogP contribution in [0.25, 0.3) is 0 Å². The molecule has 1 atom stereocenters. The second-order valence-electron chi connectivity index (χ2n) is 7.78. The molecule has 1 N–H and O–H groups in total. The molecule has 0 saturated carbocycles. The van der Waals surface area contributed by atoms with Crippen molar-refractivity contribution >= 4 is 11.7 Å². The van der Waals surface area contributed by atoms with Crippen molar-refractivity contribution in [3.05, 3.63) is 58.4 Å². The molecule has 2 aromatic rings. The van der Waals surface area contributed by atoms with Crippen LogP contribution in [0.3, 0.4) is 0 Å². The molecule has 1 aliphatic heterocycles. The summed E-state index contributed by atoms with van der Waals surface area (Å²) in [5.41, 5.74) is 4.93. The van der Waals surface area contributed by atoms with Crippen LogP contribution in [-0.4, -0.2) is 48.7 Å². The smallest absolute Gasteiger partial charge is 0.224 e. The molecule has 0 unspecified atom stereocenters. The number of amides is 1. The van der Waals surface area contributed by atoms with Gasteiger partial charge in [0.05, 0.1) is 32.3 Å². The third-order valence-electron chi connectivity index (χ3n) is 5.79. The zero-order valence-electron chi connectivity index (χ0n) is 16.9. The molecule has 1 aromatic carbocycles. The highest BCUT2D eigenvalue weighted by atomic mass is 16.6. The maximum atomic E-state index is 12.7. The monoisotopic (exact) mass is 396 g/mol. The Labute approximate surface area is 171 Å². The van der Waals surface area contributed by atoms with Crippen molar-refractivity contribution in [1.82, 2.24) is 9.88 Å². The molecule has 0 radical (unpaired) electrons. The lowest BCUT2D eigenvalue weighted by Crippen LogP contribution is -2.40. The summed E-state index contributed by atoms with van der Waals surface area (Å²) in [7, 11) is 0. The number of carbonyl (C=O) groups is 2. The van der Waals surface area contributed by atoms with Gasteiger partial charge in [0.15, 0.2) is 5.78 Å². The summed E-state index contributed by atoms with van der Waals surface area (Å²) < 4.78 is 13.2. The fraction of sp³-hybridized carbons (Fsp3) is 0.478. The van der Waals surface area contributed by atoms with E-state index in [0.29, 0.717) is 32.8 Å². The van der Waals surface area contributed by atoms with E-state index in [9.17, 15) is 9.59 Å². The maximum Gasteiger partial charge on any atom is 0.224 e. The van der Waals surface area contributed by atoms with E-state index < -0.39 is 0 Å². The number of hydrogen-bond donors (Lipinski definition) is 1.